The molecular weight excluding hydrogens is 268 g/mol. The van der Waals surface area contributed by atoms with Crippen molar-refractivity contribution >= 4 is 22.6 Å². The van der Waals surface area contributed by atoms with Crippen LogP contribution in [0.25, 0.3) is 10.9 Å². The van der Waals surface area contributed by atoms with E-state index in [0.29, 0.717) is 23.8 Å². The normalized spacial score (nSPS) is 11.3. The van der Waals surface area contributed by atoms with Gasteiger partial charge in [0.05, 0.1) is 11.2 Å². The molecule has 0 atom stereocenters. The van der Waals surface area contributed by atoms with Gasteiger partial charge < -0.3 is 15.3 Å². The van der Waals surface area contributed by atoms with Crippen molar-refractivity contribution in [2.24, 2.45) is 0 Å². The lowest BCUT2D eigenvalue weighted by molar-refractivity contribution is 0.0690. The molecule has 0 unspecified atom stereocenters. The summed E-state index contributed by atoms with van der Waals surface area (Å²) in [6, 6.07) is 7.83. The van der Waals surface area contributed by atoms with Crippen LogP contribution >= 0.6 is 0 Å². The summed E-state index contributed by atoms with van der Waals surface area (Å²) in [5.41, 5.74) is 1.17. The van der Waals surface area contributed by atoms with Gasteiger partial charge in [0.2, 0.25) is 0 Å². The Morgan fingerprint density at radius 1 is 1.33 bits per heavy atom. The lowest BCUT2D eigenvalue weighted by atomic mass is 10.1. The van der Waals surface area contributed by atoms with Crippen LogP contribution in [0, 0.1) is 0 Å². The highest BCUT2D eigenvalue weighted by molar-refractivity contribution is 6.02. The largest absolute Gasteiger partial charge is 0.476 e. The number of benzene rings is 1. The van der Waals surface area contributed by atoms with Crippen LogP contribution < -0.4 is 5.32 Å². The fraction of sp³-hybridized carbons (Fsp3) is 0.400. The maximum absolute atomic E-state index is 11.3. The molecule has 0 radical (unpaired) electrons. The van der Waals surface area contributed by atoms with E-state index in [2.05, 4.69) is 34.3 Å². The maximum atomic E-state index is 11.3. The Balaban J connectivity index is 2.27. The molecule has 0 spiro atoms. The summed E-state index contributed by atoms with van der Waals surface area (Å²) in [6.07, 6.45) is 0. The van der Waals surface area contributed by atoms with Crippen LogP contribution in [0.3, 0.4) is 0 Å². The Kier molecular flexibility index (Phi) is 4.70. The van der Waals surface area contributed by atoms with Crippen LogP contribution in [0.15, 0.2) is 24.3 Å². The number of hydrogen-bond acceptors (Lipinski definition) is 5. The minimum Gasteiger partial charge on any atom is -0.476 e. The van der Waals surface area contributed by atoms with Crippen LogP contribution in [0.5, 0.6) is 0 Å². The summed E-state index contributed by atoms with van der Waals surface area (Å²) in [7, 11) is 2.04. The molecule has 0 saturated carbocycles. The number of fused-ring (bicyclic) bond motifs is 1. The standard InChI is InChI=1S/C15H20N4O2/c1-10(2)19(3)9-8-16-13-11-6-4-5-7-12(11)17-18-14(13)15(20)21/h4-7,10H,8-9H2,1-3H3,(H,16,17)(H,20,21). The van der Waals surface area contributed by atoms with E-state index in [9.17, 15) is 9.90 Å². The highest BCUT2D eigenvalue weighted by atomic mass is 16.4. The first-order valence-electron chi connectivity index (χ1n) is 6.93. The van der Waals surface area contributed by atoms with E-state index in [1.165, 1.54) is 0 Å². The minimum atomic E-state index is -1.08. The number of carboxylic acids is 1. The second-order valence-corrected chi connectivity index (χ2v) is 5.25. The second-order valence-electron chi connectivity index (χ2n) is 5.25. The Morgan fingerprint density at radius 2 is 2.05 bits per heavy atom. The van der Waals surface area contributed by atoms with Gasteiger partial charge in [-0.25, -0.2) is 4.79 Å². The summed E-state index contributed by atoms with van der Waals surface area (Å²) < 4.78 is 0. The van der Waals surface area contributed by atoms with Crippen molar-refractivity contribution in [3.05, 3.63) is 30.0 Å². The number of anilines is 1. The van der Waals surface area contributed by atoms with E-state index in [-0.39, 0.29) is 5.69 Å². The number of hydrogen-bond donors (Lipinski definition) is 2. The average molecular weight is 288 g/mol. The molecule has 0 aliphatic rings. The Labute approximate surface area is 123 Å². The first-order chi connectivity index (χ1) is 10.0. The SMILES string of the molecule is CC(C)N(C)CCNc1c(C(=O)O)nnc2ccccc12. The van der Waals surface area contributed by atoms with Crippen LogP contribution in [-0.4, -0.2) is 52.4 Å². The molecule has 0 aliphatic carbocycles. The first kappa shape index (κ1) is 15.2. The van der Waals surface area contributed by atoms with Gasteiger partial charge in [0.1, 0.15) is 0 Å². The number of carbonyl (C=O) groups is 1. The highest BCUT2D eigenvalue weighted by Gasteiger charge is 2.16. The van der Waals surface area contributed by atoms with Crippen molar-refractivity contribution in [1.29, 1.82) is 0 Å². The van der Waals surface area contributed by atoms with Gasteiger partial charge in [0, 0.05) is 24.5 Å². The summed E-state index contributed by atoms with van der Waals surface area (Å²) in [4.78, 5) is 13.5. The van der Waals surface area contributed by atoms with Gasteiger partial charge in [-0.2, -0.15) is 0 Å². The van der Waals surface area contributed by atoms with E-state index in [1.54, 1.807) is 0 Å². The molecule has 2 rings (SSSR count). The minimum absolute atomic E-state index is 0.0408. The quantitative estimate of drug-likeness (QED) is 0.847. The predicted molar refractivity (Wildman–Crippen MR) is 82.8 cm³/mol. The van der Waals surface area contributed by atoms with Crippen molar-refractivity contribution in [3.63, 3.8) is 0 Å². The molecule has 2 N–H and O–H groups in total. The molecule has 112 valence electrons. The van der Waals surface area contributed by atoms with Crippen molar-refractivity contribution in [1.82, 2.24) is 15.1 Å². The second kappa shape index (κ2) is 6.49. The molecule has 6 heteroatoms. The van der Waals surface area contributed by atoms with E-state index in [1.807, 2.05) is 31.3 Å². The van der Waals surface area contributed by atoms with Crippen molar-refractivity contribution in [2.45, 2.75) is 19.9 Å². The third-order valence-corrected chi connectivity index (χ3v) is 3.52. The van der Waals surface area contributed by atoms with Crippen LogP contribution in [0.1, 0.15) is 24.3 Å². The highest BCUT2D eigenvalue weighted by Crippen LogP contribution is 2.24. The Bertz CT molecular complexity index is 643. The first-order valence-corrected chi connectivity index (χ1v) is 6.93. The fourth-order valence-electron chi connectivity index (χ4n) is 2.00. The lowest BCUT2D eigenvalue weighted by Gasteiger charge is -2.21. The summed E-state index contributed by atoms with van der Waals surface area (Å²) >= 11 is 0. The van der Waals surface area contributed by atoms with Crippen molar-refractivity contribution in [2.75, 3.05) is 25.5 Å². The Hall–Kier alpha value is -2.21. The Morgan fingerprint density at radius 3 is 2.71 bits per heavy atom. The van der Waals surface area contributed by atoms with Crippen LogP contribution in [-0.2, 0) is 0 Å². The topological polar surface area (TPSA) is 78.4 Å². The molecule has 21 heavy (non-hydrogen) atoms. The molecule has 0 aliphatic heterocycles. The molecular formula is C15H20N4O2. The molecule has 1 aromatic carbocycles. The average Bonchev–Trinajstić information content (AvgIpc) is 2.46. The fourth-order valence-corrected chi connectivity index (χ4v) is 2.00. The lowest BCUT2D eigenvalue weighted by Crippen LogP contribution is -2.31. The maximum Gasteiger partial charge on any atom is 0.358 e. The monoisotopic (exact) mass is 288 g/mol. The van der Waals surface area contributed by atoms with Crippen LogP contribution in [0.4, 0.5) is 5.69 Å². The summed E-state index contributed by atoms with van der Waals surface area (Å²) in [6.45, 7) is 5.69. The van der Waals surface area contributed by atoms with Gasteiger partial charge in [-0.1, -0.05) is 18.2 Å². The number of aromatic nitrogens is 2. The number of aromatic carboxylic acids is 1. The van der Waals surface area contributed by atoms with Gasteiger partial charge in [-0.3, -0.25) is 0 Å². The smallest absolute Gasteiger partial charge is 0.358 e. The molecule has 0 bridgehead atoms. The molecule has 6 nitrogen and oxygen atoms in total. The molecule has 0 fully saturated rings. The van der Waals surface area contributed by atoms with Crippen molar-refractivity contribution in [3.8, 4) is 0 Å². The van der Waals surface area contributed by atoms with Gasteiger partial charge in [0.25, 0.3) is 0 Å². The van der Waals surface area contributed by atoms with Gasteiger partial charge in [-0.05, 0) is 27.0 Å². The number of likely N-dealkylation sites (N-methyl/N-ethyl adjacent to an activating group) is 1. The molecule has 0 amide bonds. The number of nitrogens with zero attached hydrogens (tertiary/aromatic N) is 3. The zero-order valence-corrected chi connectivity index (χ0v) is 12.5. The van der Waals surface area contributed by atoms with Gasteiger partial charge in [-0.15, -0.1) is 10.2 Å². The van der Waals surface area contributed by atoms with E-state index >= 15 is 0 Å². The zero-order chi connectivity index (χ0) is 15.4. The molecule has 1 heterocycles. The van der Waals surface area contributed by atoms with E-state index in [4.69, 9.17) is 0 Å². The van der Waals surface area contributed by atoms with E-state index in [0.717, 1.165) is 11.9 Å². The van der Waals surface area contributed by atoms with Gasteiger partial charge >= 0.3 is 5.97 Å². The molecule has 2 aromatic rings. The van der Waals surface area contributed by atoms with E-state index < -0.39 is 5.97 Å². The third kappa shape index (κ3) is 3.46. The number of carboxylic acid groups (broad SMARTS) is 1. The van der Waals surface area contributed by atoms with Gasteiger partial charge in [0.15, 0.2) is 5.69 Å². The van der Waals surface area contributed by atoms with Crippen LogP contribution in [0.2, 0.25) is 0 Å². The zero-order valence-electron chi connectivity index (χ0n) is 12.5. The molecule has 1 aromatic heterocycles. The summed E-state index contributed by atoms with van der Waals surface area (Å²) in [5, 5.41) is 21.0. The third-order valence-electron chi connectivity index (χ3n) is 3.52. The molecule has 0 saturated heterocycles. The number of rotatable bonds is 6. The predicted octanol–water partition coefficient (Wildman–Crippen LogP) is 2.08. The van der Waals surface area contributed by atoms with Crippen molar-refractivity contribution < 1.29 is 9.90 Å². The summed E-state index contributed by atoms with van der Waals surface area (Å²) in [5.74, 6) is -1.08. The number of nitrogens with one attached hydrogen (secondary N) is 1.